The van der Waals surface area contributed by atoms with Crippen molar-refractivity contribution in [2.75, 3.05) is 31.1 Å². The molecule has 28 heavy (non-hydrogen) atoms. The molecule has 144 valence electrons. The monoisotopic (exact) mass is 396 g/mol. The minimum Gasteiger partial charge on any atom is -0.352 e. The predicted octanol–water partition coefficient (Wildman–Crippen LogP) is 1.82. The van der Waals surface area contributed by atoms with Gasteiger partial charge in [0.15, 0.2) is 0 Å². The van der Waals surface area contributed by atoms with Crippen molar-refractivity contribution in [2.24, 2.45) is 5.73 Å². The van der Waals surface area contributed by atoms with Gasteiger partial charge in [0, 0.05) is 38.3 Å². The first kappa shape index (κ1) is 18.2. The highest BCUT2D eigenvalue weighted by Crippen LogP contribution is 2.27. The fourth-order valence-electron chi connectivity index (χ4n) is 3.29. The third-order valence-corrected chi connectivity index (χ3v) is 5.60. The highest BCUT2D eigenvalue weighted by Gasteiger charge is 2.24. The van der Waals surface area contributed by atoms with Gasteiger partial charge in [0.2, 0.25) is 0 Å². The summed E-state index contributed by atoms with van der Waals surface area (Å²) < 4.78 is 0. The van der Waals surface area contributed by atoms with E-state index in [1.54, 1.807) is 29.8 Å². The van der Waals surface area contributed by atoms with Crippen LogP contribution >= 0.6 is 11.3 Å². The van der Waals surface area contributed by atoms with Crippen LogP contribution in [0.2, 0.25) is 0 Å². The van der Waals surface area contributed by atoms with Crippen molar-refractivity contribution in [3.8, 4) is 0 Å². The van der Waals surface area contributed by atoms with Crippen LogP contribution in [0.25, 0.3) is 10.2 Å². The summed E-state index contributed by atoms with van der Waals surface area (Å²) in [5.41, 5.74) is 6.60. The Morgan fingerprint density at radius 1 is 1.07 bits per heavy atom. The molecule has 3 aromatic rings. The molecular weight excluding hydrogens is 376 g/mol. The summed E-state index contributed by atoms with van der Waals surface area (Å²) in [6.45, 7) is 3.08. The molecule has 0 saturated carbocycles. The molecule has 1 aliphatic rings. The summed E-state index contributed by atoms with van der Waals surface area (Å²) in [5.74, 6) is 0.946. The van der Waals surface area contributed by atoms with Crippen LogP contribution in [0.1, 0.15) is 15.9 Å². The number of thiophene rings is 1. The van der Waals surface area contributed by atoms with Crippen LogP contribution in [0.15, 0.2) is 42.0 Å². The standard InChI is InChI=1S/C19H20N6O2S/c20-19(27)21-11-13-1-3-14(4-2-13)18(26)25-8-6-24(7-9-25)16-15-5-10-28-17(15)23-12-22-16/h1-5,10,12H,6-9,11H2,(H3,20,21,27). The van der Waals surface area contributed by atoms with Crippen LogP contribution in [0.3, 0.4) is 0 Å². The van der Waals surface area contributed by atoms with Crippen LogP contribution in [0.5, 0.6) is 0 Å². The van der Waals surface area contributed by atoms with Crippen molar-refractivity contribution in [3.63, 3.8) is 0 Å². The van der Waals surface area contributed by atoms with Crippen LogP contribution in [0.4, 0.5) is 10.6 Å². The van der Waals surface area contributed by atoms with Gasteiger partial charge in [0.05, 0.1) is 5.39 Å². The van der Waals surface area contributed by atoms with E-state index in [4.69, 9.17) is 5.73 Å². The van der Waals surface area contributed by atoms with Crippen LogP contribution < -0.4 is 16.0 Å². The number of urea groups is 1. The molecule has 3 N–H and O–H groups in total. The van der Waals surface area contributed by atoms with E-state index in [1.165, 1.54) is 0 Å². The maximum atomic E-state index is 12.8. The third kappa shape index (κ3) is 3.74. The van der Waals surface area contributed by atoms with Gasteiger partial charge in [-0.2, -0.15) is 0 Å². The highest BCUT2D eigenvalue weighted by molar-refractivity contribution is 7.16. The number of hydrogen-bond acceptors (Lipinski definition) is 6. The van der Waals surface area contributed by atoms with Gasteiger partial charge >= 0.3 is 6.03 Å². The number of hydrogen-bond donors (Lipinski definition) is 2. The van der Waals surface area contributed by atoms with Crippen LogP contribution in [-0.4, -0.2) is 53.0 Å². The first-order valence-electron chi connectivity index (χ1n) is 8.96. The number of amides is 3. The summed E-state index contributed by atoms with van der Waals surface area (Å²) in [5, 5.41) is 5.61. The number of benzene rings is 1. The number of anilines is 1. The minimum absolute atomic E-state index is 0.0115. The van der Waals surface area contributed by atoms with E-state index < -0.39 is 6.03 Å². The second-order valence-electron chi connectivity index (χ2n) is 6.53. The molecule has 0 radical (unpaired) electrons. The van der Waals surface area contributed by atoms with Crippen LogP contribution in [0, 0.1) is 0 Å². The third-order valence-electron chi connectivity index (χ3n) is 4.77. The highest BCUT2D eigenvalue weighted by atomic mass is 32.1. The van der Waals surface area contributed by atoms with Crippen molar-refractivity contribution in [1.29, 1.82) is 0 Å². The zero-order valence-electron chi connectivity index (χ0n) is 15.2. The molecule has 0 atom stereocenters. The Labute approximate surface area is 166 Å². The average molecular weight is 396 g/mol. The molecule has 1 aromatic carbocycles. The Morgan fingerprint density at radius 2 is 1.82 bits per heavy atom. The van der Waals surface area contributed by atoms with Crippen molar-refractivity contribution >= 4 is 39.3 Å². The Bertz CT molecular complexity index is 995. The SMILES string of the molecule is NC(=O)NCc1ccc(C(=O)N2CCN(c3ncnc4sccc34)CC2)cc1. The Balaban J connectivity index is 1.39. The van der Waals surface area contributed by atoms with Gasteiger partial charge in [0.25, 0.3) is 5.91 Å². The molecule has 3 amide bonds. The number of nitrogens with zero attached hydrogens (tertiary/aromatic N) is 4. The molecule has 1 aliphatic heterocycles. The molecule has 9 heteroatoms. The van der Waals surface area contributed by atoms with Gasteiger partial charge in [-0.1, -0.05) is 12.1 Å². The number of nitrogens with two attached hydrogens (primary N) is 1. The zero-order chi connectivity index (χ0) is 19.5. The molecule has 2 aromatic heterocycles. The van der Waals surface area contributed by atoms with Crippen LogP contribution in [-0.2, 0) is 6.54 Å². The second kappa shape index (κ2) is 7.81. The van der Waals surface area contributed by atoms with Gasteiger partial charge in [-0.05, 0) is 29.1 Å². The van der Waals surface area contributed by atoms with E-state index in [-0.39, 0.29) is 5.91 Å². The fourth-order valence-corrected chi connectivity index (χ4v) is 4.01. The molecule has 3 heterocycles. The van der Waals surface area contributed by atoms with Crippen molar-refractivity contribution in [2.45, 2.75) is 6.54 Å². The van der Waals surface area contributed by atoms with Gasteiger partial charge in [-0.25, -0.2) is 14.8 Å². The lowest BCUT2D eigenvalue weighted by atomic mass is 10.1. The normalized spacial score (nSPS) is 14.3. The second-order valence-corrected chi connectivity index (χ2v) is 7.43. The minimum atomic E-state index is -0.568. The first-order valence-corrected chi connectivity index (χ1v) is 9.84. The summed E-state index contributed by atoms with van der Waals surface area (Å²) in [4.78, 5) is 37.4. The van der Waals surface area contributed by atoms with Crippen molar-refractivity contribution in [1.82, 2.24) is 20.2 Å². The van der Waals surface area contributed by atoms with E-state index in [1.807, 2.05) is 28.5 Å². The number of piperazine rings is 1. The quantitative estimate of drug-likeness (QED) is 0.700. The molecule has 0 spiro atoms. The Morgan fingerprint density at radius 3 is 2.54 bits per heavy atom. The summed E-state index contributed by atoms with van der Waals surface area (Å²) in [6, 6.07) is 8.70. The zero-order valence-corrected chi connectivity index (χ0v) is 16.0. The Hall–Kier alpha value is -3.20. The molecule has 1 fully saturated rings. The lowest BCUT2D eigenvalue weighted by molar-refractivity contribution is 0.0746. The topological polar surface area (TPSA) is 104 Å². The Kier molecular flexibility index (Phi) is 5.07. The predicted molar refractivity (Wildman–Crippen MR) is 108 cm³/mol. The number of rotatable bonds is 4. The number of fused-ring (bicyclic) bond motifs is 1. The molecule has 1 saturated heterocycles. The summed E-state index contributed by atoms with van der Waals surface area (Å²) >= 11 is 1.60. The maximum Gasteiger partial charge on any atom is 0.312 e. The lowest BCUT2D eigenvalue weighted by Crippen LogP contribution is -2.49. The fraction of sp³-hybridized carbons (Fsp3) is 0.263. The first-order chi connectivity index (χ1) is 13.6. The van der Waals surface area contributed by atoms with Crippen molar-refractivity contribution in [3.05, 3.63) is 53.2 Å². The number of primary amides is 1. The molecular formula is C19H20N6O2S. The van der Waals surface area contributed by atoms with Gasteiger partial charge in [0.1, 0.15) is 17.0 Å². The number of nitrogens with one attached hydrogen (secondary N) is 1. The van der Waals surface area contributed by atoms with E-state index in [0.717, 1.165) is 34.7 Å². The van der Waals surface area contributed by atoms with Crippen molar-refractivity contribution < 1.29 is 9.59 Å². The summed E-state index contributed by atoms with van der Waals surface area (Å²) in [7, 11) is 0. The smallest absolute Gasteiger partial charge is 0.312 e. The van der Waals surface area contributed by atoms with E-state index >= 15 is 0 Å². The summed E-state index contributed by atoms with van der Waals surface area (Å²) in [6.07, 6.45) is 1.60. The molecule has 4 rings (SSSR count). The number of carbonyl (C=O) groups excluding carboxylic acids is 2. The molecule has 0 bridgehead atoms. The van der Waals surface area contributed by atoms with Gasteiger partial charge in [-0.15, -0.1) is 11.3 Å². The van der Waals surface area contributed by atoms with Gasteiger partial charge < -0.3 is 20.9 Å². The largest absolute Gasteiger partial charge is 0.352 e. The number of aromatic nitrogens is 2. The average Bonchev–Trinajstić information content (AvgIpc) is 3.21. The van der Waals surface area contributed by atoms with E-state index in [0.29, 0.717) is 25.2 Å². The maximum absolute atomic E-state index is 12.8. The molecule has 0 unspecified atom stereocenters. The van der Waals surface area contributed by atoms with E-state index in [9.17, 15) is 9.59 Å². The lowest BCUT2D eigenvalue weighted by Gasteiger charge is -2.35. The van der Waals surface area contributed by atoms with Gasteiger partial charge in [-0.3, -0.25) is 4.79 Å². The number of carbonyl (C=O) groups is 2. The molecule has 8 nitrogen and oxygen atoms in total. The van der Waals surface area contributed by atoms with E-state index in [2.05, 4.69) is 20.2 Å². The molecule has 0 aliphatic carbocycles.